The van der Waals surface area contributed by atoms with Crippen molar-refractivity contribution in [3.05, 3.63) is 27.3 Å². The number of benzene rings is 1. The highest BCUT2D eigenvalue weighted by Crippen LogP contribution is 2.37. The van der Waals surface area contributed by atoms with Gasteiger partial charge < -0.3 is 15.6 Å². The molecule has 1 aromatic rings. The molecule has 0 heterocycles. The van der Waals surface area contributed by atoms with Crippen LogP contribution in [0.1, 0.15) is 42.1 Å². The van der Waals surface area contributed by atoms with E-state index in [4.69, 9.17) is 15.6 Å². The number of unbranched alkanes of at least 4 members (excludes halogenated alkanes) is 1. The first-order chi connectivity index (χ1) is 10.7. The van der Waals surface area contributed by atoms with Crippen molar-refractivity contribution in [3.8, 4) is 5.75 Å². The molecular weight excluding hydrogens is 311 g/mol. The van der Waals surface area contributed by atoms with Crippen molar-refractivity contribution in [2.45, 2.75) is 39.3 Å². The van der Waals surface area contributed by atoms with Gasteiger partial charge in [-0.1, -0.05) is 19.8 Å². The van der Waals surface area contributed by atoms with Gasteiger partial charge in [0.25, 0.3) is 0 Å². The number of nitro groups is 1. The second-order valence-electron chi connectivity index (χ2n) is 4.91. The van der Waals surface area contributed by atoms with Gasteiger partial charge in [0.15, 0.2) is 6.17 Å². The predicted molar refractivity (Wildman–Crippen MR) is 79.3 cm³/mol. The van der Waals surface area contributed by atoms with E-state index >= 15 is 0 Å². The Morgan fingerprint density at radius 3 is 2.61 bits per heavy atom. The van der Waals surface area contributed by atoms with Crippen molar-refractivity contribution in [3.63, 3.8) is 0 Å². The van der Waals surface area contributed by atoms with E-state index in [0.717, 1.165) is 6.07 Å². The summed E-state index contributed by atoms with van der Waals surface area (Å²) >= 11 is 0. The number of nitrogens with zero attached hydrogens (tertiary/aromatic N) is 1. The number of carbonyl (C=O) groups excluding carboxylic acids is 1. The van der Waals surface area contributed by atoms with E-state index in [2.05, 4.69) is 0 Å². The Kier molecular flexibility index (Phi) is 6.00. The molecule has 0 aromatic heterocycles. The molecule has 0 bridgehead atoms. The molecule has 1 unspecified atom stereocenters. The van der Waals surface area contributed by atoms with Crippen molar-refractivity contribution in [1.82, 2.24) is 0 Å². The van der Waals surface area contributed by atoms with Gasteiger partial charge in [-0.15, -0.1) is 0 Å². The lowest BCUT2D eigenvalue weighted by Crippen LogP contribution is -2.22. The van der Waals surface area contributed by atoms with Crippen LogP contribution in [0.5, 0.6) is 5.75 Å². The van der Waals surface area contributed by atoms with E-state index in [1.807, 2.05) is 6.92 Å². The van der Waals surface area contributed by atoms with E-state index in [-0.39, 0.29) is 17.7 Å². The van der Waals surface area contributed by atoms with Crippen molar-refractivity contribution < 1.29 is 28.7 Å². The molecule has 0 spiro atoms. The molecule has 0 saturated carbocycles. The third kappa shape index (κ3) is 4.15. The number of rotatable bonds is 7. The number of ether oxygens (including phenoxy) is 1. The fourth-order valence-corrected chi connectivity index (χ4v) is 2.06. The predicted octanol–water partition coefficient (Wildman–Crippen LogP) is 2.62. The summed E-state index contributed by atoms with van der Waals surface area (Å²) in [6.45, 7) is 2.98. The fraction of sp³-hybridized carbons (Fsp3) is 0.429. The SMILES string of the molecule is CCCCC(F)C(=O)Oc1cc(N)c(C(=O)O)c(C)c1[N+](=O)[O-]. The Hall–Kier alpha value is -2.71. The number of anilines is 1. The minimum Gasteiger partial charge on any atom is -0.478 e. The Morgan fingerprint density at radius 1 is 1.52 bits per heavy atom. The second-order valence-corrected chi connectivity index (χ2v) is 4.91. The van der Waals surface area contributed by atoms with E-state index in [9.17, 15) is 24.1 Å². The molecule has 0 radical (unpaired) electrons. The largest absolute Gasteiger partial charge is 0.478 e. The van der Waals surface area contributed by atoms with Crippen LogP contribution >= 0.6 is 0 Å². The van der Waals surface area contributed by atoms with Gasteiger partial charge in [-0.2, -0.15) is 0 Å². The Bertz CT molecular complexity index is 647. The van der Waals surface area contributed by atoms with Crippen molar-refractivity contribution in [2.24, 2.45) is 0 Å². The average molecular weight is 328 g/mol. The number of nitrogens with two attached hydrogens (primary N) is 1. The van der Waals surface area contributed by atoms with E-state index in [0.29, 0.717) is 12.8 Å². The first-order valence-corrected chi connectivity index (χ1v) is 6.87. The lowest BCUT2D eigenvalue weighted by molar-refractivity contribution is -0.386. The Morgan fingerprint density at radius 2 is 2.13 bits per heavy atom. The van der Waals surface area contributed by atoms with Crippen LogP contribution in [0, 0.1) is 17.0 Å². The van der Waals surface area contributed by atoms with Gasteiger partial charge in [0, 0.05) is 11.6 Å². The molecular formula is C14H17FN2O6. The van der Waals surface area contributed by atoms with Gasteiger partial charge in [0.2, 0.25) is 5.75 Å². The molecule has 23 heavy (non-hydrogen) atoms. The molecule has 0 aliphatic heterocycles. The van der Waals surface area contributed by atoms with Crippen LogP contribution in [0.4, 0.5) is 15.8 Å². The maximum absolute atomic E-state index is 13.6. The van der Waals surface area contributed by atoms with Gasteiger partial charge in [-0.25, -0.2) is 14.0 Å². The summed E-state index contributed by atoms with van der Waals surface area (Å²) in [6, 6.07) is 0.846. The number of nitro benzene ring substituents is 1. The van der Waals surface area contributed by atoms with E-state index in [1.54, 1.807) is 0 Å². The highest BCUT2D eigenvalue weighted by atomic mass is 19.1. The zero-order valence-corrected chi connectivity index (χ0v) is 12.7. The lowest BCUT2D eigenvalue weighted by Gasteiger charge is -2.12. The van der Waals surface area contributed by atoms with Crippen LogP contribution in [0.2, 0.25) is 0 Å². The molecule has 1 atom stereocenters. The Balaban J connectivity index is 3.24. The van der Waals surface area contributed by atoms with Crippen molar-refractivity contribution >= 4 is 23.3 Å². The number of esters is 1. The maximum atomic E-state index is 13.6. The number of halogens is 1. The minimum absolute atomic E-state index is 0.0647. The number of carboxylic acid groups (broad SMARTS) is 1. The molecule has 8 nitrogen and oxygen atoms in total. The summed E-state index contributed by atoms with van der Waals surface area (Å²) in [5, 5.41) is 20.2. The summed E-state index contributed by atoms with van der Waals surface area (Å²) in [7, 11) is 0. The van der Waals surface area contributed by atoms with Crippen LogP contribution in [0.25, 0.3) is 0 Å². The minimum atomic E-state index is -1.92. The number of hydrogen-bond donors (Lipinski definition) is 2. The lowest BCUT2D eigenvalue weighted by atomic mass is 10.0. The molecule has 3 N–H and O–H groups in total. The second kappa shape index (κ2) is 7.52. The molecule has 9 heteroatoms. The zero-order valence-electron chi connectivity index (χ0n) is 12.7. The average Bonchev–Trinajstić information content (AvgIpc) is 2.43. The van der Waals surface area contributed by atoms with Crippen LogP contribution in [-0.4, -0.2) is 28.1 Å². The number of nitrogen functional groups attached to an aromatic ring is 1. The molecule has 0 aliphatic carbocycles. The molecule has 0 amide bonds. The quantitative estimate of drug-likeness (QED) is 0.258. The number of carbonyl (C=O) groups is 2. The molecule has 0 fully saturated rings. The number of alkyl halides is 1. The summed E-state index contributed by atoms with van der Waals surface area (Å²) in [5.74, 6) is -3.30. The molecule has 1 rings (SSSR count). The van der Waals surface area contributed by atoms with Crippen molar-refractivity contribution in [1.29, 1.82) is 0 Å². The van der Waals surface area contributed by atoms with Crippen LogP contribution in [-0.2, 0) is 4.79 Å². The van der Waals surface area contributed by atoms with Crippen LogP contribution < -0.4 is 10.5 Å². The van der Waals surface area contributed by atoms with Crippen LogP contribution in [0.15, 0.2) is 6.07 Å². The zero-order chi connectivity index (χ0) is 17.7. The summed E-state index contributed by atoms with van der Waals surface area (Å²) in [5.41, 5.74) is 3.77. The standard InChI is InChI=1S/C14H17FN2O6/c1-3-4-5-8(15)14(20)23-10-6-9(16)11(13(18)19)7(2)12(10)17(21)22/h6,8H,3-5,16H2,1-2H3,(H,18,19). The normalized spacial score (nSPS) is 11.8. The van der Waals surface area contributed by atoms with E-state index in [1.165, 1.54) is 6.92 Å². The summed E-state index contributed by atoms with van der Waals surface area (Å²) < 4.78 is 18.4. The van der Waals surface area contributed by atoms with Gasteiger partial charge in [0.05, 0.1) is 16.2 Å². The van der Waals surface area contributed by atoms with Gasteiger partial charge in [-0.3, -0.25) is 10.1 Å². The highest BCUT2D eigenvalue weighted by Gasteiger charge is 2.30. The molecule has 1 aromatic carbocycles. The maximum Gasteiger partial charge on any atom is 0.346 e. The number of carboxylic acids is 1. The van der Waals surface area contributed by atoms with Crippen molar-refractivity contribution in [2.75, 3.05) is 5.73 Å². The smallest absolute Gasteiger partial charge is 0.346 e. The molecule has 0 aliphatic rings. The fourth-order valence-electron chi connectivity index (χ4n) is 2.06. The van der Waals surface area contributed by atoms with Gasteiger partial charge in [-0.05, 0) is 13.3 Å². The third-order valence-electron chi connectivity index (χ3n) is 3.21. The van der Waals surface area contributed by atoms with Gasteiger partial charge in [0.1, 0.15) is 0 Å². The molecule has 0 saturated heterocycles. The third-order valence-corrected chi connectivity index (χ3v) is 3.21. The Labute approximate surface area is 131 Å². The topological polar surface area (TPSA) is 133 Å². The number of aromatic carboxylic acids is 1. The summed E-state index contributed by atoms with van der Waals surface area (Å²) in [4.78, 5) is 33.0. The summed E-state index contributed by atoms with van der Waals surface area (Å²) in [6.07, 6.45) is -0.856. The first kappa shape index (κ1) is 18.3. The monoisotopic (exact) mass is 328 g/mol. The van der Waals surface area contributed by atoms with E-state index < -0.39 is 40.0 Å². The highest BCUT2D eigenvalue weighted by molar-refractivity contribution is 5.97. The first-order valence-electron chi connectivity index (χ1n) is 6.87. The molecule has 126 valence electrons. The number of hydrogen-bond acceptors (Lipinski definition) is 6. The van der Waals surface area contributed by atoms with Crippen LogP contribution in [0.3, 0.4) is 0 Å². The van der Waals surface area contributed by atoms with Gasteiger partial charge >= 0.3 is 17.6 Å².